The minimum absolute atomic E-state index is 0.0841. The second-order valence-corrected chi connectivity index (χ2v) is 5.46. The van der Waals surface area contributed by atoms with Gasteiger partial charge in [-0.2, -0.15) is 0 Å². The van der Waals surface area contributed by atoms with Crippen LogP contribution < -0.4 is 5.32 Å². The topological polar surface area (TPSA) is 97.5 Å². The molecule has 1 aromatic heterocycles. The van der Waals surface area contributed by atoms with Crippen LogP contribution in [0.15, 0.2) is 24.3 Å². The maximum absolute atomic E-state index is 13.1. The van der Waals surface area contributed by atoms with Gasteiger partial charge in [0.2, 0.25) is 0 Å². The number of ether oxygens (including phenoxy) is 2. The van der Waals surface area contributed by atoms with Crippen molar-refractivity contribution in [3.05, 3.63) is 52.6 Å². The maximum atomic E-state index is 13.1. The van der Waals surface area contributed by atoms with Crippen molar-refractivity contribution in [1.82, 2.24) is 4.98 Å². The summed E-state index contributed by atoms with van der Waals surface area (Å²) in [7, 11) is 1.25. The largest absolute Gasteiger partial charge is 0.465 e. The SMILES string of the molecule is CCc1[nH]c(C(=O)OCC(=O)Nc2cccc(F)c2)c(C)c1C(=O)OC. The van der Waals surface area contributed by atoms with Gasteiger partial charge in [-0.25, -0.2) is 14.0 Å². The molecule has 1 amide bonds. The molecule has 0 aliphatic heterocycles. The smallest absolute Gasteiger partial charge is 0.355 e. The van der Waals surface area contributed by atoms with Gasteiger partial charge in [0.1, 0.15) is 11.5 Å². The van der Waals surface area contributed by atoms with E-state index in [-0.39, 0.29) is 16.9 Å². The number of nitrogens with one attached hydrogen (secondary N) is 2. The first-order chi connectivity index (χ1) is 12.4. The van der Waals surface area contributed by atoms with E-state index in [9.17, 15) is 18.8 Å². The summed E-state index contributed by atoms with van der Waals surface area (Å²) in [5.74, 6) is -2.44. The Morgan fingerprint density at radius 1 is 1.23 bits per heavy atom. The van der Waals surface area contributed by atoms with Crippen LogP contribution >= 0.6 is 0 Å². The van der Waals surface area contributed by atoms with E-state index < -0.39 is 30.3 Å². The van der Waals surface area contributed by atoms with E-state index in [1.165, 1.54) is 25.3 Å². The second-order valence-electron chi connectivity index (χ2n) is 5.46. The van der Waals surface area contributed by atoms with Crippen LogP contribution in [0.3, 0.4) is 0 Å². The van der Waals surface area contributed by atoms with Crippen molar-refractivity contribution >= 4 is 23.5 Å². The number of halogens is 1. The average Bonchev–Trinajstić information content (AvgIpc) is 2.95. The minimum atomic E-state index is -0.776. The van der Waals surface area contributed by atoms with Gasteiger partial charge in [-0.1, -0.05) is 13.0 Å². The van der Waals surface area contributed by atoms with Crippen LogP contribution in [-0.4, -0.2) is 36.5 Å². The standard InChI is InChI=1S/C18H19FN2O5/c1-4-13-15(17(23)25-3)10(2)16(21-13)18(24)26-9-14(22)20-12-7-5-6-11(19)8-12/h5-8,21H,4,9H2,1-3H3,(H,20,22). The highest BCUT2D eigenvalue weighted by Gasteiger charge is 2.24. The molecule has 0 aliphatic carbocycles. The number of amides is 1. The number of aromatic nitrogens is 1. The Bertz CT molecular complexity index is 844. The van der Waals surface area contributed by atoms with E-state index in [0.29, 0.717) is 17.7 Å². The molecule has 0 unspecified atom stereocenters. The van der Waals surface area contributed by atoms with Gasteiger partial charge < -0.3 is 19.8 Å². The molecule has 8 heteroatoms. The molecule has 0 fully saturated rings. The minimum Gasteiger partial charge on any atom is -0.465 e. The lowest BCUT2D eigenvalue weighted by molar-refractivity contribution is -0.119. The van der Waals surface area contributed by atoms with Crippen LogP contribution in [0.4, 0.5) is 10.1 Å². The predicted octanol–water partition coefficient (Wildman–Crippen LogP) is 2.61. The highest BCUT2D eigenvalue weighted by atomic mass is 19.1. The lowest BCUT2D eigenvalue weighted by Gasteiger charge is -2.06. The van der Waals surface area contributed by atoms with E-state index in [1.54, 1.807) is 6.92 Å². The molecule has 0 radical (unpaired) electrons. The van der Waals surface area contributed by atoms with Gasteiger partial charge in [0.05, 0.1) is 12.7 Å². The molecule has 0 bridgehead atoms. The molecular formula is C18H19FN2O5. The number of anilines is 1. The number of carbonyl (C=O) groups excluding carboxylic acids is 3. The Balaban J connectivity index is 2.05. The molecule has 138 valence electrons. The fourth-order valence-corrected chi connectivity index (χ4v) is 2.47. The monoisotopic (exact) mass is 362 g/mol. The molecule has 0 aliphatic rings. The van der Waals surface area contributed by atoms with Crippen LogP contribution in [0.2, 0.25) is 0 Å². The quantitative estimate of drug-likeness (QED) is 0.770. The van der Waals surface area contributed by atoms with Gasteiger partial charge >= 0.3 is 11.9 Å². The summed E-state index contributed by atoms with van der Waals surface area (Å²) in [6, 6.07) is 5.34. The summed E-state index contributed by atoms with van der Waals surface area (Å²) < 4.78 is 22.8. The Labute approximate surface area is 149 Å². The van der Waals surface area contributed by atoms with Crippen molar-refractivity contribution in [2.45, 2.75) is 20.3 Å². The predicted molar refractivity (Wildman–Crippen MR) is 91.6 cm³/mol. The third-order valence-electron chi connectivity index (χ3n) is 3.72. The fraction of sp³-hybridized carbons (Fsp3) is 0.278. The normalized spacial score (nSPS) is 10.3. The lowest BCUT2D eigenvalue weighted by atomic mass is 10.1. The van der Waals surface area contributed by atoms with Crippen molar-refractivity contribution in [3.8, 4) is 0 Å². The number of H-pyrrole nitrogens is 1. The summed E-state index contributed by atoms with van der Waals surface area (Å²) in [6.07, 6.45) is 0.485. The first kappa shape index (κ1) is 19.2. The van der Waals surface area contributed by atoms with Crippen molar-refractivity contribution < 1.29 is 28.2 Å². The molecule has 1 aromatic carbocycles. The Hall–Kier alpha value is -3.16. The van der Waals surface area contributed by atoms with Gasteiger partial charge in [-0.3, -0.25) is 4.79 Å². The van der Waals surface area contributed by atoms with Crippen LogP contribution in [0.1, 0.15) is 39.0 Å². The number of hydrogen-bond acceptors (Lipinski definition) is 5. The first-order valence-electron chi connectivity index (χ1n) is 7.89. The zero-order valence-corrected chi connectivity index (χ0v) is 14.6. The third kappa shape index (κ3) is 4.27. The molecule has 1 heterocycles. The molecular weight excluding hydrogens is 343 g/mol. The maximum Gasteiger partial charge on any atom is 0.355 e. The Morgan fingerprint density at radius 2 is 1.96 bits per heavy atom. The molecule has 26 heavy (non-hydrogen) atoms. The second kappa shape index (κ2) is 8.28. The average molecular weight is 362 g/mol. The molecule has 2 rings (SSSR count). The van der Waals surface area contributed by atoms with Crippen molar-refractivity contribution in [2.75, 3.05) is 19.0 Å². The number of esters is 2. The Kier molecular flexibility index (Phi) is 6.11. The van der Waals surface area contributed by atoms with E-state index in [0.717, 1.165) is 6.07 Å². The number of benzene rings is 1. The van der Waals surface area contributed by atoms with Crippen molar-refractivity contribution in [2.24, 2.45) is 0 Å². The number of rotatable bonds is 6. The van der Waals surface area contributed by atoms with Crippen LogP contribution in [-0.2, 0) is 20.7 Å². The highest BCUT2D eigenvalue weighted by Crippen LogP contribution is 2.21. The zero-order chi connectivity index (χ0) is 19.3. The summed E-state index contributed by atoms with van der Waals surface area (Å²) in [6.45, 7) is 2.85. The zero-order valence-electron chi connectivity index (χ0n) is 14.6. The molecule has 0 atom stereocenters. The number of aryl methyl sites for hydroxylation is 1. The van der Waals surface area contributed by atoms with Crippen LogP contribution in [0.5, 0.6) is 0 Å². The number of aromatic amines is 1. The van der Waals surface area contributed by atoms with Gasteiger partial charge in [0.25, 0.3) is 5.91 Å². The van der Waals surface area contributed by atoms with E-state index >= 15 is 0 Å². The summed E-state index contributed by atoms with van der Waals surface area (Å²) in [5, 5.41) is 2.42. The Morgan fingerprint density at radius 3 is 2.58 bits per heavy atom. The van der Waals surface area contributed by atoms with Crippen LogP contribution in [0, 0.1) is 12.7 Å². The van der Waals surface area contributed by atoms with Crippen molar-refractivity contribution in [3.63, 3.8) is 0 Å². The summed E-state index contributed by atoms with van der Waals surface area (Å²) in [5.41, 5.74) is 1.56. The van der Waals surface area contributed by atoms with Gasteiger partial charge in [0, 0.05) is 11.4 Å². The fourth-order valence-electron chi connectivity index (χ4n) is 2.47. The summed E-state index contributed by atoms with van der Waals surface area (Å²) in [4.78, 5) is 38.8. The van der Waals surface area contributed by atoms with E-state index in [1.807, 2.05) is 6.92 Å². The first-order valence-corrected chi connectivity index (χ1v) is 7.89. The van der Waals surface area contributed by atoms with Gasteiger partial charge in [0.15, 0.2) is 6.61 Å². The van der Waals surface area contributed by atoms with E-state index in [4.69, 9.17) is 9.47 Å². The number of carbonyl (C=O) groups is 3. The summed E-state index contributed by atoms with van der Waals surface area (Å²) >= 11 is 0. The molecule has 2 N–H and O–H groups in total. The van der Waals surface area contributed by atoms with Gasteiger partial charge in [-0.15, -0.1) is 0 Å². The van der Waals surface area contributed by atoms with Gasteiger partial charge in [-0.05, 0) is 37.1 Å². The number of hydrogen-bond donors (Lipinski definition) is 2. The molecule has 2 aromatic rings. The van der Waals surface area contributed by atoms with E-state index in [2.05, 4.69) is 10.3 Å². The molecule has 0 saturated carbocycles. The number of methoxy groups -OCH3 is 1. The lowest BCUT2D eigenvalue weighted by Crippen LogP contribution is -2.21. The third-order valence-corrected chi connectivity index (χ3v) is 3.72. The van der Waals surface area contributed by atoms with Crippen LogP contribution in [0.25, 0.3) is 0 Å². The molecule has 0 saturated heterocycles. The highest BCUT2D eigenvalue weighted by molar-refractivity contribution is 5.99. The molecule has 0 spiro atoms. The molecule has 7 nitrogen and oxygen atoms in total. The van der Waals surface area contributed by atoms with Crippen molar-refractivity contribution in [1.29, 1.82) is 0 Å².